The molecule has 26 heavy (non-hydrogen) atoms. The first-order chi connectivity index (χ1) is 12.5. The number of benzene rings is 1. The van der Waals surface area contributed by atoms with Crippen molar-refractivity contribution in [2.45, 2.75) is 45.4 Å². The second-order valence-corrected chi connectivity index (χ2v) is 6.98. The lowest BCUT2D eigenvalue weighted by molar-refractivity contribution is -0.119. The molecule has 0 spiro atoms. The molecule has 2 rings (SSSR count). The van der Waals surface area contributed by atoms with Crippen molar-refractivity contribution >= 4 is 35.3 Å². The van der Waals surface area contributed by atoms with E-state index in [4.69, 9.17) is 5.73 Å². The van der Waals surface area contributed by atoms with Crippen LogP contribution in [-0.4, -0.2) is 32.7 Å². The monoisotopic (exact) mass is 374 g/mol. The Morgan fingerprint density at radius 3 is 2.50 bits per heavy atom. The van der Waals surface area contributed by atoms with E-state index in [9.17, 15) is 4.79 Å². The number of carbonyl (C=O) groups is 1. The van der Waals surface area contributed by atoms with Crippen LogP contribution in [0.2, 0.25) is 0 Å². The molecule has 7 nitrogen and oxygen atoms in total. The van der Waals surface area contributed by atoms with Gasteiger partial charge < -0.3 is 16.4 Å². The lowest BCUT2D eigenvalue weighted by Crippen LogP contribution is -2.35. The van der Waals surface area contributed by atoms with E-state index in [-0.39, 0.29) is 17.9 Å². The summed E-state index contributed by atoms with van der Waals surface area (Å²) >= 11 is 1.45. The van der Waals surface area contributed by atoms with Gasteiger partial charge in [0.2, 0.25) is 17.8 Å². The Bertz CT molecular complexity index is 718. The van der Waals surface area contributed by atoms with Gasteiger partial charge in [0.1, 0.15) is 5.82 Å². The van der Waals surface area contributed by atoms with E-state index in [1.807, 2.05) is 31.2 Å². The minimum Gasteiger partial charge on any atom is -0.368 e. The number of nitrogens with one attached hydrogen (secondary N) is 2. The maximum atomic E-state index is 11.9. The van der Waals surface area contributed by atoms with E-state index in [1.165, 1.54) is 17.3 Å². The first kappa shape index (κ1) is 20.0. The molecule has 1 amide bonds. The molecule has 0 unspecified atom stereocenters. The highest BCUT2D eigenvalue weighted by molar-refractivity contribution is 7.99. The maximum absolute atomic E-state index is 11.9. The molecule has 1 heterocycles. The summed E-state index contributed by atoms with van der Waals surface area (Å²) in [6.45, 7) is 6.16. The minimum atomic E-state index is 0.0312. The van der Waals surface area contributed by atoms with Gasteiger partial charge in [-0.1, -0.05) is 31.5 Å². The lowest BCUT2D eigenvalue weighted by Gasteiger charge is -2.14. The molecule has 0 saturated carbocycles. The topological polar surface area (TPSA) is 106 Å². The largest absolute Gasteiger partial charge is 0.368 e. The third-order valence-electron chi connectivity index (χ3n) is 3.82. The van der Waals surface area contributed by atoms with Crippen LogP contribution in [0.5, 0.6) is 0 Å². The standard InChI is InChI=1S/C18H26N6OS/c1-4-13(5-2)20-16(25)11-26-10-15-22-17(19)24-18(23-15)21-14-8-6-12(3)7-9-14/h6-9,13H,4-5,10-11H2,1-3H3,(H,20,25)(H3,19,21,22,23,24). The summed E-state index contributed by atoms with van der Waals surface area (Å²) in [7, 11) is 0. The van der Waals surface area contributed by atoms with Gasteiger partial charge in [0.25, 0.3) is 0 Å². The Balaban J connectivity index is 1.90. The molecule has 0 aliphatic heterocycles. The van der Waals surface area contributed by atoms with Gasteiger partial charge in [-0.25, -0.2) is 0 Å². The third-order valence-corrected chi connectivity index (χ3v) is 4.75. The number of aryl methyl sites for hydroxylation is 1. The highest BCUT2D eigenvalue weighted by Gasteiger charge is 2.10. The molecule has 140 valence electrons. The van der Waals surface area contributed by atoms with Crippen molar-refractivity contribution in [3.8, 4) is 0 Å². The van der Waals surface area contributed by atoms with Gasteiger partial charge in [0, 0.05) is 11.7 Å². The molecular formula is C18H26N6OS. The second kappa shape index (κ2) is 9.96. The van der Waals surface area contributed by atoms with Crippen molar-refractivity contribution in [3.05, 3.63) is 35.7 Å². The van der Waals surface area contributed by atoms with Gasteiger partial charge in [-0.2, -0.15) is 15.0 Å². The first-order valence-electron chi connectivity index (χ1n) is 8.71. The molecule has 1 aromatic heterocycles. The van der Waals surface area contributed by atoms with Gasteiger partial charge in [-0.15, -0.1) is 11.8 Å². The van der Waals surface area contributed by atoms with Crippen LogP contribution < -0.4 is 16.4 Å². The number of thioether (sulfide) groups is 1. The lowest BCUT2D eigenvalue weighted by atomic mass is 10.2. The zero-order valence-electron chi connectivity index (χ0n) is 15.5. The average molecular weight is 375 g/mol. The molecule has 0 aliphatic rings. The fourth-order valence-electron chi connectivity index (χ4n) is 2.32. The molecule has 1 aromatic carbocycles. The number of aromatic nitrogens is 3. The number of anilines is 3. The van der Waals surface area contributed by atoms with Gasteiger partial charge in [-0.3, -0.25) is 4.79 Å². The molecule has 0 fully saturated rings. The van der Waals surface area contributed by atoms with Crippen LogP contribution in [0.3, 0.4) is 0 Å². The number of amides is 1. The molecule has 0 aliphatic carbocycles. The summed E-state index contributed by atoms with van der Waals surface area (Å²) in [5.74, 6) is 2.00. The van der Waals surface area contributed by atoms with Crippen LogP contribution in [0.25, 0.3) is 0 Å². The van der Waals surface area contributed by atoms with Crippen molar-refractivity contribution < 1.29 is 4.79 Å². The Labute approximate surface area is 158 Å². The Kier molecular flexibility index (Phi) is 7.65. The first-order valence-corrected chi connectivity index (χ1v) is 9.86. The molecular weight excluding hydrogens is 348 g/mol. The summed E-state index contributed by atoms with van der Waals surface area (Å²) in [5, 5.41) is 6.13. The molecule has 2 aromatic rings. The van der Waals surface area contributed by atoms with Gasteiger partial charge in [0.15, 0.2) is 0 Å². The Morgan fingerprint density at radius 1 is 1.15 bits per heavy atom. The van der Waals surface area contributed by atoms with Crippen LogP contribution in [-0.2, 0) is 10.5 Å². The van der Waals surface area contributed by atoms with E-state index in [2.05, 4.69) is 39.4 Å². The molecule has 0 atom stereocenters. The highest BCUT2D eigenvalue weighted by atomic mass is 32.2. The summed E-state index contributed by atoms with van der Waals surface area (Å²) < 4.78 is 0. The average Bonchev–Trinajstić information content (AvgIpc) is 2.61. The van der Waals surface area contributed by atoms with Crippen LogP contribution in [0.1, 0.15) is 38.1 Å². The molecule has 0 bridgehead atoms. The van der Waals surface area contributed by atoms with Crippen molar-refractivity contribution in [2.75, 3.05) is 16.8 Å². The van der Waals surface area contributed by atoms with Crippen LogP contribution in [0.4, 0.5) is 17.6 Å². The number of rotatable bonds is 9. The Hall–Kier alpha value is -2.35. The molecule has 0 saturated heterocycles. The van der Waals surface area contributed by atoms with Gasteiger partial charge >= 0.3 is 0 Å². The highest BCUT2D eigenvalue weighted by Crippen LogP contribution is 2.16. The van der Waals surface area contributed by atoms with E-state index in [0.717, 1.165) is 18.5 Å². The van der Waals surface area contributed by atoms with Crippen LogP contribution in [0, 0.1) is 6.92 Å². The second-order valence-electron chi connectivity index (χ2n) is 6.00. The third kappa shape index (κ3) is 6.51. The van der Waals surface area contributed by atoms with E-state index >= 15 is 0 Å². The summed E-state index contributed by atoms with van der Waals surface area (Å²) in [5.41, 5.74) is 7.83. The van der Waals surface area contributed by atoms with Crippen LogP contribution >= 0.6 is 11.8 Å². The predicted molar refractivity (Wildman–Crippen MR) is 107 cm³/mol. The normalized spacial score (nSPS) is 10.8. The summed E-state index contributed by atoms with van der Waals surface area (Å²) in [6.07, 6.45) is 1.87. The number of hydrogen-bond donors (Lipinski definition) is 3. The number of carbonyl (C=O) groups excluding carboxylic acids is 1. The van der Waals surface area contributed by atoms with E-state index < -0.39 is 0 Å². The fraction of sp³-hybridized carbons (Fsp3) is 0.444. The number of hydrogen-bond acceptors (Lipinski definition) is 7. The minimum absolute atomic E-state index is 0.0312. The molecule has 8 heteroatoms. The zero-order chi connectivity index (χ0) is 18.9. The SMILES string of the molecule is CCC(CC)NC(=O)CSCc1nc(N)nc(Nc2ccc(C)cc2)n1. The smallest absolute Gasteiger partial charge is 0.232 e. The summed E-state index contributed by atoms with van der Waals surface area (Å²) in [6, 6.07) is 8.14. The van der Waals surface area contributed by atoms with E-state index in [1.54, 1.807) is 0 Å². The van der Waals surface area contributed by atoms with Crippen molar-refractivity contribution in [1.82, 2.24) is 20.3 Å². The fourth-order valence-corrected chi connectivity index (χ4v) is 3.00. The van der Waals surface area contributed by atoms with Gasteiger partial charge in [0.05, 0.1) is 11.5 Å². The van der Waals surface area contributed by atoms with Gasteiger partial charge in [-0.05, 0) is 31.9 Å². The number of nitrogen functional groups attached to an aromatic ring is 1. The molecule has 4 N–H and O–H groups in total. The summed E-state index contributed by atoms with van der Waals surface area (Å²) in [4.78, 5) is 24.6. The van der Waals surface area contributed by atoms with Crippen molar-refractivity contribution in [2.24, 2.45) is 0 Å². The number of nitrogens with two attached hydrogens (primary N) is 1. The predicted octanol–water partition coefficient (Wildman–Crippen LogP) is 3.04. The van der Waals surface area contributed by atoms with Crippen molar-refractivity contribution in [3.63, 3.8) is 0 Å². The van der Waals surface area contributed by atoms with E-state index in [0.29, 0.717) is 23.3 Å². The maximum Gasteiger partial charge on any atom is 0.232 e. The zero-order valence-corrected chi connectivity index (χ0v) is 16.3. The Morgan fingerprint density at radius 2 is 1.85 bits per heavy atom. The van der Waals surface area contributed by atoms with Crippen LogP contribution in [0.15, 0.2) is 24.3 Å². The number of nitrogens with zero attached hydrogens (tertiary/aromatic N) is 3. The molecule has 0 radical (unpaired) electrons. The van der Waals surface area contributed by atoms with Crippen molar-refractivity contribution in [1.29, 1.82) is 0 Å². The quantitative estimate of drug-likeness (QED) is 0.619.